The van der Waals surface area contributed by atoms with Crippen molar-refractivity contribution in [2.24, 2.45) is 0 Å². The van der Waals surface area contributed by atoms with E-state index in [0.29, 0.717) is 49.4 Å². The molecule has 1 aliphatic carbocycles. The van der Waals surface area contributed by atoms with Crippen molar-refractivity contribution < 1.29 is 28.0 Å². The molecule has 2 heterocycles. The highest BCUT2D eigenvalue weighted by Gasteiger charge is 2.44. The summed E-state index contributed by atoms with van der Waals surface area (Å²) in [5, 5.41) is 16.1. The van der Waals surface area contributed by atoms with Crippen LogP contribution in [0.3, 0.4) is 0 Å². The Kier molecular flexibility index (Phi) is 9.49. The Morgan fingerprint density at radius 2 is 1.88 bits per heavy atom. The van der Waals surface area contributed by atoms with Crippen LogP contribution in [0.15, 0.2) is 17.0 Å². The number of aryl methyl sites for hydroxylation is 5. The van der Waals surface area contributed by atoms with Crippen LogP contribution in [0.1, 0.15) is 73.0 Å². The summed E-state index contributed by atoms with van der Waals surface area (Å²) in [4.78, 5) is 38.8. The van der Waals surface area contributed by atoms with Crippen LogP contribution in [0.4, 0.5) is 5.95 Å². The van der Waals surface area contributed by atoms with Gasteiger partial charge in [-0.05, 0) is 83.3 Å². The molecule has 0 bridgehead atoms. The van der Waals surface area contributed by atoms with Crippen LogP contribution < -0.4 is 20.8 Å². The van der Waals surface area contributed by atoms with Gasteiger partial charge in [-0.3, -0.25) is 9.63 Å². The van der Waals surface area contributed by atoms with Gasteiger partial charge in [0, 0.05) is 18.8 Å². The number of carboxylic acids is 1. The van der Waals surface area contributed by atoms with Crippen molar-refractivity contribution in [3.63, 3.8) is 0 Å². The maximum Gasteiger partial charge on any atom is 0.345 e. The fourth-order valence-electron chi connectivity index (χ4n) is 5.57. The van der Waals surface area contributed by atoms with E-state index >= 15 is 0 Å². The van der Waals surface area contributed by atoms with Gasteiger partial charge in [0.15, 0.2) is 0 Å². The first-order valence-corrected chi connectivity index (χ1v) is 15.3. The Bertz CT molecular complexity index is 1290. The van der Waals surface area contributed by atoms with Crippen molar-refractivity contribution in [1.82, 2.24) is 25.5 Å². The van der Waals surface area contributed by atoms with E-state index in [2.05, 4.69) is 30.8 Å². The van der Waals surface area contributed by atoms with Crippen LogP contribution in [0, 0.1) is 20.8 Å². The van der Waals surface area contributed by atoms with Crippen LogP contribution in [0.25, 0.3) is 0 Å². The number of carbonyl (C=O) groups is 2. The maximum absolute atomic E-state index is 13.6. The topological polar surface area (TPSA) is 175 Å². The van der Waals surface area contributed by atoms with E-state index in [1.54, 1.807) is 26.0 Å². The molecule has 220 valence electrons. The van der Waals surface area contributed by atoms with Gasteiger partial charge in [-0.2, -0.15) is 4.72 Å². The lowest BCUT2D eigenvalue weighted by atomic mass is 10.0. The summed E-state index contributed by atoms with van der Waals surface area (Å²) >= 11 is 0. The van der Waals surface area contributed by atoms with Gasteiger partial charge >= 0.3 is 5.97 Å². The summed E-state index contributed by atoms with van der Waals surface area (Å²) in [6, 6.07) is 3.45. The van der Waals surface area contributed by atoms with Gasteiger partial charge < -0.3 is 20.7 Å². The molecule has 2 atom stereocenters. The first-order chi connectivity index (χ1) is 19.0. The first kappa shape index (κ1) is 30.0. The summed E-state index contributed by atoms with van der Waals surface area (Å²) in [7, 11) is -4.32. The number of fused-ring (bicyclic) bond motifs is 1. The fourth-order valence-corrected chi connectivity index (χ4v) is 7.34. The first-order valence-electron chi connectivity index (χ1n) is 13.9. The smallest absolute Gasteiger partial charge is 0.345 e. The van der Waals surface area contributed by atoms with Gasteiger partial charge in [-0.1, -0.05) is 17.7 Å². The number of hydrogen-bond donors (Lipinski definition) is 6. The minimum absolute atomic E-state index is 0.00440. The number of imidazole rings is 1. The molecule has 2 aliphatic rings. The van der Waals surface area contributed by atoms with E-state index in [0.717, 1.165) is 42.6 Å². The van der Waals surface area contributed by atoms with Gasteiger partial charge in [0.05, 0.1) is 23.1 Å². The molecule has 2 unspecified atom stereocenters. The summed E-state index contributed by atoms with van der Waals surface area (Å²) in [6.45, 7) is 6.26. The third kappa shape index (κ3) is 7.19. The van der Waals surface area contributed by atoms with E-state index in [1.165, 1.54) is 0 Å². The molecule has 0 saturated carbocycles. The van der Waals surface area contributed by atoms with E-state index in [4.69, 9.17) is 4.84 Å². The molecule has 1 aromatic heterocycles. The van der Waals surface area contributed by atoms with Crippen molar-refractivity contribution in [2.75, 3.05) is 18.4 Å². The predicted molar refractivity (Wildman–Crippen MR) is 149 cm³/mol. The third-order valence-electron chi connectivity index (χ3n) is 7.36. The van der Waals surface area contributed by atoms with Crippen LogP contribution in [0.5, 0.6) is 0 Å². The highest BCUT2D eigenvalue weighted by molar-refractivity contribution is 7.89. The van der Waals surface area contributed by atoms with Gasteiger partial charge in [0.1, 0.15) is 0 Å². The van der Waals surface area contributed by atoms with Gasteiger partial charge in [-0.15, -0.1) is 0 Å². The number of hydrogen-bond acceptors (Lipinski definition) is 8. The van der Waals surface area contributed by atoms with Gasteiger partial charge in [0.25, 0.3) is 0 Å². The van der Waals surface area contributed by atoms with Crippen LogP contribution in [-0.2, 0) is 37.3 Å². The molecule has 1 amide bonds. The largest absolute Gasteiger partial charge is 0.478 e. The number of anilines is 1. The lowest BCUT2D eigenvalue weighted by Gasteiger charge is -2.32. The number of rotatable bonds is 13. The van der Waals surface area contributed by atoms with Crippen molar-refractivity contribution in [3.05, 3.63) is 40.2 Å². The van der Waals surface area contributed by atoms with E-state index in [-0.39, 0.29) is 17.7 Å². The predicted octanol–water partition coefficient (Wildman–Crippen LogP) is 2.36. The van der Waals surface area contributed by atoms with Crippen LogP contribution >= 0.6 is 0 Å². The molecule has 0 radical (unpaired) electrons. The Morgan fingerprint density at radius 1 is 1.15 bits per heavy atom. The van der Waals surface area contributed by atoms with E-state index < -0.39 is 33.7 Å². The minimum Gasteiger partial charge on any atom is -0.478 e. The highest BCUT2D eigenvalue weighted by atomic mass is 32.2. The number of aromatic nitrogens is 2. The average molecular weight is 577 g/mol. The lowest BCUT2D eigenvalue weighted by molar-refractivity contribution is -0.149. The Balaban J connectivity index is 1.49. The maximum atomic E-state index is 13.6. The number of H-pyrrole nitrogens is 1. The second kappa shape index (κ2) is 12.7. The van der Waals surface area contributed by atoms with Crippen molar-refractivity contribution in [2.45, 2.75) is 95.2 Å². The number of nitrogens with one attached hydrogen (secondary N) is 5. The number of aliphatic carboxylic acids is 1. The van der Waals surface area contributed by atoms with E-state index in [9.17, 15) is 23.1 Å². The number of amides is 1. The molecular formula is C27H40N6O6S. The summed E-state index contributed by atoms with van der Waals surface area (Å²) in [5.41, 5.74) is 4.56. The molecule has 0 spiro atoms. The molecule has 4 rings (SSSR count). The third-order valence-corrected chi connectivity index (χ3v) is 9.16. The molecular weight excluding hydrogens is 536 g/mol. The summed E-state index contributed by atoms with van der Waals surface area (Å²) in [5.74, 6) is -1.42. The number of carbonyl (C=O) groups excluding carboxylic acids is 1. The second-order valence-electron chi connectivity index (χ2n) is 10.8. The van der Waals surface area contributed by atoms with Crippen molar-refractivity contribution in [3.8, 4) is 0 Å². The number of hydroxylamine groups is 1. The molecule has 6 N–H and O–H groups in total. The van der Waals surface area contributed by atoms with Gasteiger partial charge in [0.2, 0.25) is 27.5 Å². The zero-order valence-corrected chi connectivity index (χ0v) is 24.2. The molecule has 1 fully saturated rings. The van der Waals surface area contributed by atoms with Crippen LogP contribution in [0.2, 0.25) is 0 Å². The quantitative estimate of drug-likeness (QED) is 0.154. The number of aromatic amines is 1. The summed E-state index contributed by atoms with van der Waals surface area (Å²) < 4.78 is 29.6. The van der Waals surface area contributed by atoms with Gasteiger partial charge in [-0.25, -0.2) is 23.7 Å². The average Bonchev–Trinajstić information content (AvgIpc) is 3.51. The Hall–Kier alpha value is -3.00. The highest BCUT2D eigenvalue weighted by Crippen LogP contribution is 2.25. The number of nitrogens with zero attached hydrogens (tertiary/aromatic N) is 1. The molecule has 2 aromatic rings. The number of benzene rings is 1. The lowest BCUT2D eigenvalue weighted by Crippen LogP contribution is -2.65. The number of carboxylic acid groups (broad SMARTS) is 1. The minimum atomic E-state index is -4.32. The second-order valence-corrected chi connectivity index (χ2v) is 12.4. The Labute approximate surface area is 235 Å². The molecule has 1 aromatic carbocycles. The monoisotopic (exact) mass is 576 g/mol. The van der Waals surface area contributed by atoms with Crippen molar-refractivity contribution in [1.29, 1.82) is 0 Å². The van der Waals surface area contributed by atoms with Crippen LogP contribution in [-0.4, -0.2) is 60.2 Å². The number of unbranched alkanes of at least 4 members (excludes halogenated alkanes) is 1. The Morgan fingerprint density at radius 3 is 2.52 bits per heavy atom. The molecule has 12 nitrogen and oxygen atoms in total. The van der Waals surface area contributed by atoms with Crippen molar-refractivity contribution >= 4 is 27.8 Å². The molecule has 40 heavy (non-hydrogen) atoms. The summed E-state index contributed by atoms with van der Waals surface area (Å²) in [6.07, 6.45) is 4.94. The fraction of sp³-hybridized carbons (Fsp3) is 0.593. The van der Waals surface area contributed by atoms with E-state index in [1.807, 2.05) is 6.92 Å². The molecule has 1 saturated heterocycles. The SMILES string of the molecule is Cc1cc(C)c(S(=O)(=O)NC(CCCCNc2nc3c([nH]2)CCCC3)(NC(=O)CC2CCNO2)C(=O)O)c(C)c1. The molecule has 1 aliphatic heterocycles. The number of sulfonamides is 1. The zero-order valence-electron chi connectivity index (χ0n) is 23.4. The standard InChI is InChI=1S/C27H40N6O6S/c1-17-14-18(2)24(19(3)15-17)40(37,38)33-27(25(35)36,32-23(34)16-20-10-13-29-39-20)11-6-7-12-28-26-30-21-8-4-5-9-22(21)31-26/h14-15,20,29,33H,4-13,16H2,1-3H3,(H,32,34)(H,35,36)(H2,28,30,31). The normalized spacial score (nSPS) is 18.6. The zero-order chi connectivity index (χ0) is 28.9. The molecule has 13 heteroatoms.